The zero-order valence-electron chi connectivity index (χ0n) is 38.5. The van der Waals surface area contributed by atoms with Gasteiger partial charge in [0.1, 0.15) is 12.3 Å². The van der Waals surface area contributed by atoms with Crippen LogP contribution >= 0.6 is 0 Å². The van der Waals surface area contributed by atoms with Crippen LogP contribution in [0, 0.1) is 11.8 Å². The number of nitrogens with zero attached hydrogens (tertiary/aromatic N) is 6. The number of benzene rings is 2. The van der Waals surface area contributed by atoms with Crippen molar-refractivity contribution in [2.45, 2.75) is 63.8 Å². The summed E-state index contributed by atoms with van der Waals surface area (Å²) in [7, 11) is 0. The fourth-order valence-electron chi connectivity index (χ4n) is 9.08. The van der Waals surface area contributed by atoms with Crippen LogP contribution in [-0.2, 0) is 31.9 Å². The van der Waals surface area contributed by atoms with Crippen LogP contribution in [0.1, 0.15) is 108 Å². The van der Waals surface area contributed by atoms with Crippen LogP contribution in [-0.4, -0.2) is 130 Å². The highest BCUT2D eigenvalue weighted by Crippen LogP contribution is 2.34. The number of anilines is 1. The van der Waals surface area contributed by atoms with Gasteiger partial charge in [0.05, 0.1) is 55.1 Å². The van der Waals surface area contributed by atoms with Gasteiger partial charge in [-0.05, 0) is 111 Å². The van der Waals surface area contributed by atoms with Crippen molar-refractivity contribution in [1.82, 2.24) is 40.2 Å². The number of ether oxygens (including phenoxy) is 2. The molecule has 2 saturated heterocycles. The molecule has 5 aromatic rings. The fourth-order valence-corrected chi connectivity index (χ4v) is 9.08. The third-order valence-electron chi connectivity index (χ3n) is 13.1. The number of oxazole rings is 1. The number of carbonyl (C=O) groups is 7. The van der Waals surface area contributed by atoms with E-state index in [0.717, 1.165) is 67.4 Å². The molecule has 364 valence electrons. The van der Waals surface area contributed by atoms with Gasteiger partial charge in [-0.1, -0.05) is 25.0 Å². The summed E-state index contributed by atoms with van der Waals surface area (Å²) in [5.74, 6) is -2.38. The van der Waals surface area contributed by atoms with Crippen molar-refractivity contribution in [2.24, 2.45) is 17.6 Å². The molecule has 1 saturated carbocycles. The van der Waals surface area contributed by atoms with E-state index in [2.05, 4.69) is 35.9 Å². The number of hydrogen-bond donors (Lipinski definition) is 4. The Morgan fingerprint density at radius 3 is 2.41 bits per heavy atom. The number of rotatable bonds is 21. The predicted molar refractivity (Wildman–Crippen MR) is 251 cm³/mol. The van der Waals surface area contributed by atoms with Crippen molar-refractivity contribution >= 4 is 47.0 Å². The van der Waals surface area contributed by atoms with Crippen molar-refractivity contribution in [3.05, 3.63) is 113 Å². The largest absolute Gasteiger partial charge is 0.444 e. The summed E-state index contributed by atoms with van der Waals surface area (Å²) < 4.78 is 18.5. The van der Waals surface area contributed by atoms with E-state index in [9.17, 15) is 33.6 Å². The number of likely N-dealkylation sites (tertiary alicyclic amines) is 1. The zero-order chi connectivity index (χ0) is 48.7. The van der Waals surface area contributed by atoms with Gasteiger partial charge in [-0.15, -0.1) is 0 Å². The van der Waals surface area contributed by atoms with Crippen LogP contribution in [0.5, 0.6) is 0 Å². The van der Waals surface area contributed by atoms with Crippen LogP contribution in [0.15, 0.2) is 77.7 Å². The van der Waals surface area contributed by atoms with Gasteiger partial charge >= 0.3 is 0 Å². The van der Waals surface area contributed by atoms with E-state index in [4.69, 9.17) is 19.6 Å². The Morgan fingerprint density at radius 1 is 0.871 bits per heavy atom. The maximum Gasteiger partial charge on any atom is 0.277 e. The number of imide groups is 2. The summed E-state index contributed by atoms with van der Waals surface area (Å²) in [4.78, 5) is 101. The summed E-state index contributed by atoms with van der Waals surface area (Å²) >= 11 is 0. The summed E-state index contributed by atoms with van der Waals surface area (Å²) in [6, 6.07) is 14.5. The molecule has 3 fully saturated rings. The number of fused-ring (bicyclic) bond motifs is 1. The molecule has 5 N–H and O–H groups in total. The Kier molecular flexibility index (Phi) is 14.6. The lowest BCUT2D eigenvalue weighted by Gasteiger charge is -2.32. The maximum atomic E-state index is 13.5. The molecule has 1 unspecified atom stereocenters. The van der Waals surface area contributed by atoms with E-state index in [-0.39, 0.29) is 48.3 Å². The number of nitrogens with one attached hydrogen (secondary N) is 3. The van der Waals surface area contributed by atoms with Gasteiger partial charge in [0, 0.05) is 42.5 Å². The van der Waals surface area contributed by atoms with E-state index in [1.165, 1.54) is 30.0 Å². The summed E-state index contributed by atoms with van der Waals surface area (Å²) in [5.41, 5.74) is 9.55. The van der Waals surface area contributed by atoms with Gasteiger partial charge in [0.25, 0.3) is 29.5 Å². The molecule has 1 aliphatic carbocycles. The van der Waals surface area contributed by atoms with Crippen molar-refractivity contribution in [3.63, 3.8) is 0 Å². The lowest BCUT2D eigenvalue weighted by molar-refractivity contribution is -0.136. The van der Waals surface area contributed by atoms with Crippen molar-refractivity contribution < 1.29 is 47.5 Å². The van der Waals surface area contributed by atoms with E-state index in [1.807, 2.05) is 12.1 Å². The van der Waals surface area contributed by atoms with Gasteiger partial charge in [-0.25, -0.2) is 9.67 Å². The molecule has 20 heteroatoms. The fraction of sp³-hybridized carbons (Fsp3) is 0.400. The van der Waals surface area contributed by atoms with Crippen molar-refractivity contribution in [2.75, 3.05) is 57.9 Å². The molecule has 0 bridgehead atoms. The van der Waals surface area contributed by atoms with Crippen LogP contribution in [0.3, 0.4) is 0 Å². The highest BCUT2D eigenvalue weighted by molar-refractivity contribution is 6.24. The molecule has 1 atom stereocenters. The minimum atomic E-state index is -0.989. The average molecular weight is 955 g/mol. The van der Waals surface area contributed by atoms with Gasteiger partial charge < -0.3 is 35.2 Å². The van der Waals surface area contributed by atoms with E-state index < -0.39 is 41.5 Å². The molecule has 0 radical (unpaired) electrons. The molecule has 4 aliphatic rings. The lowest BCUT2D eigenvalue weighted by atomic mass is 9.87. The quantitative estimate of drug-likeness (QED) is 0.0604. The minimum absolute atomic E-state index is 0.00154. The Morgan fingerprint density at radius 2 is 1.66 bits per heavy atom. The first-order valence-electron chi connectivity index (χ1n) is 23.7. The number of primary amides is 1. The summed E-state index contributed by atoms with van der Waals surface area (Å²) in [5, 5.41) is 12.0. The first-order valence-corrected chi connectivity index (χ1v) is 23.7. The second-order valence-electron chi connectivity index (χ2n) is 18.0. The van der Waals surface area contributed by atoms with Crippen molar-refractivity contribution in [1.29, 1.82) is 0 Å². The number of pyridine rings is 1. The molecular weight excluding hydrogens is 901 g/mol. The van der Waals surface area contributed by atoms with Gasteiger partial charge in [-0.2, -0.15) is 5.10 Å². The molecule has 2 aromatic carbocycles. The van der Waals surface area contributed by atoms with Crippen LogP contribution in [0.25, 0.3) is 17.1 Å². The van der Waals surface area contributed by atoms with Gasteiger partial charge in [0.2, 0.25) is 17.7 Å². The molecule has 70 heavy (non-hydrogen) atoms. The number of carbonyl (C=O) groups excluding carboxylic acids is 7. The van der Waals surface area contributed by atoms with Crippen LogP contribution in [0.2, 0.25) is 0 Å². The van der Waals surface area contributed by atoms with Gasteiger partial charge in [0.15, 0.2) is 11.4 Å². The first-order chi connectivity index (χ1) is 34.0. The second-order valence-corrected chi connectivity index (χ2v) is 18.0. The SMILES string of the molecule is NC(=O)c1nn(-c2ccc(C(=O)NCCOCCOCCN3CCC(Cc4cccc5c4C(=O)N(C4CCC(=O)NC4=O)C5=O)CC3)cc2)cc1NC(=O)c1coc(-c2ccnc(CCC3CC3)c2)n1. The Hall–Kier alpha value is -7.42. The number of hydrogen-bond acceptors (Lipinski definition) is 14. The second kappa shape index (κ2) is 21.5. The smallest absolute Gasteiger partial charge is 0.277 e. The minimum Gasteiger partial charge on any atom is -0.444 e. The molecular formula is C50H54N10O10. The molecule has 3 aliphatic heterocycles. The lowest BCUT2D eigenvalue weighted by Crippen LogP contribution is -2.54. The zero-order valence-corrected chi connectivity index (χ0v) is 38.5. The molecule has 3 aromatic heterocycles. The molecule has 0 spiro atoms. The Balaban J connectivity index is 0.653. The normalized spacial score (nSPS) is 17.4. The topological polar surface area (TPSA) is 263 Å². The van der Waals surface area contributed by atoms with E-state index in [0.29, 0.717) is 66.7 Å². The molecule has 9 rings (SSSR count). The van der Waals surface area contributed by atoms with E-state index in [1.54, 1.807) is 48.7 Å². The molecule has 7 amide bonds. The van der Waals surface area contributed by atoms with Crippen LogP contribution < -0.4 is 21.7 Å². The summed E-state index contributed by atoms with van der Waals surface area (Å²) in [6.45, 7) is 4.39. The third kappa shape index (κ3) is 11.2. The highest BCUT2D eigenvalue weighted by atomic mass is 16.5. The Bertz CT molecular complexity index is 2790. The molecule has 20 nitrogen and oxygen atoms in total. The average Bonchev–Trinajstić information content (AvgIpc) is 3.76. The first kappa shape index (κ1) is 47.6. The van der Waals surface area contributed by atoms with Gasteiger partial charge in [-0.3, -0.25) is 48.8 Å². The summed E-state index contributed by atoms with van der Waals surface area (Å²) in [6.07, 6.45) is 11.6. The van der Waals surface area contributed by atoms with Crippen LogP contribution in [0.4, 0.5) is 5.69 Å². The monoisotopic (exact) mass is 954 g/mol. The number of aromatic nitrogens is 4. The molecule has 6 heterocycles. The van der Waals surface area contributed by atoms with E-state index >= 15 is 0 Å². The van der Waals surface area contributed by atoms with Crippen molar-refractivity contribution in [3.8, 4) is 17.1 Å². The number of nitrogens with two attached hydrogens (primary N) is 1. The standard InChI is InChI=1S/C50H54N10O10/c51-44(62)43-38(54-46(64)39-29-70-48(55-39)34-14-17-52-35(27-34)9-6-30-4-5-30)28-59(57-43)36-10-7-32(8-11-36)45(63)53-18-22-68-24-25-69-23-21-58-19-15-31(16-20-58)26-33-2-1-3-37-42(33)50(67)60(49(37)66)40-12-13-41(61)56-47(40)65/h1-3,7-8,10-11,14,17,27-31,40H,4-6,9,12-13,15-16,18-26H2,(H2,51,62)(H,53,63)(H,54,64)(H,56,61,65). The predicted octanol–water partition coefficient (Wildman–Crippen LogP) is 3.74. The highest BCUT2D eigenvalue weighted by Gasteiger charge is 2.45. The number of piperidine rings is 2. The number of aryl methyl sites for hydroxylation is 1. The number of amides is 7. The third-order valence-corrected chi connectivity index (χ3v) is 13.1. The Labute approximate surface area is 402 Å². The maximum absolute atomic E-state index is 13.5.